The molecule has 2 amide bonds. The van der Waals surface area contributed by atoms with Crippen LogP contribution < -0.4 is 10.1 Å². The zero-order valence-electron chi connectivity index (χ0n) is 22.9. The number of nitrogens with zero attached hydrogens (tertiary/aromatic N) is 6. The molecule has 4 aromatic rings. The first-order chi connectivity index (χ1) is 19.9. The average molecular weight is 604 g/mol. The Bertz CT molecular complexity index is 1620. The molecule has 2 unspecified atom stereocenters. The van der Waals surface area contributed by atoms with Crippen molar-refractivity contribution in [2.75, 3.05) is 18.4 Å². The number of carbonyl (C=O) groups is 2. The number of anilines is 1. The summed E-state index contributed by atoms with van der Waals surface area (Å²) < 4.78 is 39.6. The summed E-state index contributed by atoms with van der Waals surface area (Å²) in [7, 11) is 0. The largest absolute Gasteiger partial charge is 0.444 e. The summed E-state index contributed by atoms with van der Waals surface area (Å²) in [4.78, 5) is 31.8. The number of fused-ring (bicyclic) bond motifs is 1. The van der Waals surface area contributed by atoms with Gasteiger partial charge in [-0.05, 0) is 51.5 Å². The first kappa shape index (κ1) is 29.2. The van der Waals surface area contributed by atoms with Gasteiger partial charge >= 0.3 is 12.7 Å². The van der Waals surface area contributed by atoms with Crippen LogP contribution >= 0.6 is 11.6 Å². The van der Waals surface area contributed by atoms with Gasteiger partial charge in [0, 0.05) is 42.3 Å². The van der Waals surface area contributed by atoms with Gasteiger partial charge in [0.2, 0.25) is 0 Å². The van der Waals surface area contributed by atoms with E-state index in [1.807, 2.05) is 0 Å². The molecular formula is C27H28ClF2N7O5. The molecule has 42 heavy (non-hydrogen) atoms. The van der Waals surface area contributed by atoms with Crippen molar-refractivity contribution in [2.45, 2.75) is 51.6 Å². The van der Waals surface area contributed by atoms with Gasteiger partial charge in [0.1, 0.15) is 22.6 Å². The lowest BCUT2D eigenvalue weighted by Crippen LogP contribution is -2.48. The van der Waals surface area contributed by atoms with E-state index in [2.05, 4.69) is 20.5 Å². The molecule has 0 radical (unpaired) electrons. The molecule has 12 nitrogen and oxygen atoms in total. The molecule has 1 saturated heterocycles. The van der Waals surface area contributed by atoms with Crippen LogP contribution in [0.15, 0.2) is 49.1 Å². The van der Waals surface area contributed by atoms with Crippen LogP contribution in [0.5, 0.6) is 5.75 Å². The van der Waals surface area contributed by atoms with E-state index in [9.17, 15) is 23.5 Å². The van der Waals surface area contributed by atoms with Gasteiger partial charge in [0.25, 0.3) is 5.91 Å². The van der Waals surface area contributed by atoms with Crippen LogP contribution in [0.3, 0.4) is 0 Å². The summed E-state index contributed by atoms with van der Waals surface area (Å²) in [6.45, 7) is 2.40. The fourth-order valence-electron chi connectivity index (χ4n) is 4.59. The van der Waals surface area contributed by atoms with Gasteiger partial charge in [0.05, 0.1) is 24.0 Å². The molecule has 1 aliphatic rings. The molecule has 0 saturated carbocycles. The number of aliphatic hydroxyl groups excluding tert-OH is 1. The quantitative estimate of drug-likeness (QED) is 0.325. The fraction of sp³-hybridized carbons (Fsp3) is 0.370. The number of likely N-dealkylation sites (tertiary alicyclic amines) is 1. The second-order valence-electron chi connectivity index (χ2n) is 10.6. The van der Waals surface area contributed by atoms with Gasteiger partial charge in [0.15, 0.2) is 5.65 Å². The molecule has 0 spiro atoms. The maximum absolute atomic E-state index is 13.4. The minimum Gasteiger partial charge on any atom is -0.444 e. The second kappa shape index (κ2) is 11.5. The molecule has 5 rings (SSSR count). The third kappa shape index (κ3) is 6.29. The summed E-state index contributed by atoms with van der Waals surface area (Å²) in [5, 5.41) is 22.6. The van der Waals surface area contributed by atoms with Crippen molar-refractivity contribution in [3.8, 4) is 17.0 Å². The number of ether oxygens (including phenoxy) is 2. The maximum Gasteiger partial charge on any atom is 0.410 e. The second-order valence-corrected chi connectivity index (χ2v) is 11.1. The van der Waals surface area contributed by atoms with E-state index in [0.29, 0.717) is 5.65 Å². The molecule has 1 fully saturated rings. The Balaban J connectivity index is 1.55. The monoisotopic (exact) mass is 603 g/mol. The van der Waals surface area contributed by atoms with Crippen LogP contribution in [-0.2, 0) is 4.74 Å². The molecular weight excluding hydrogens is 576 g/mol. The van der Waals surface area contributed by atoms with Crippen LogP contribution in [0.4, 0.5) is 19.3 Å². The smallest absolute Gasteiger partial charge is 0.410 e. The number of aromatic nitrogens is 5. The van der Waals surface area contributed by atoms with E-state index in [1.165, 1.54) is 50.9 Å². The summed E-state index contributed by atoms with van der Waals surface area (Å²) in [6.07, 6.45) is 4.69. The zero-order valence-corrected chi connectivity index (χ0v) is 23.6. The Hall–Kier alpha value is -4.30. The van der Waals surface area contributed by atoms with Crippen molar-refractivity contribution in [2.24, 2.45) is 0 Å². The Morgan fingerprint density at radius 2 is 2.05 bits per heavy atom. The van der Waals surface area contributed by atoms with E-state index >= 15 is 0 Å². The Morgan fingerprint density at radius 1 is 1.26 bits per heavy atom. The predicted octanol–water partition coefficient (Wildman–Crippen LogP) is 4.64. The number of amides is 2. The zero-order chi connectivity index (χ0) is 30.2. The predicted molar refractivity (Wildman–Crippen MR) is 148 cm³/mol. The van der Waals surface area contributed by atoms with E-state index in [0.717, 1.165) is 0 Å². The van der Waals surface area contributed by atoms with Gasteiger partial charge in [-0.3, -0.25) is 9.48 Å². The van der Waals surface area contributed by atoms with Gasteiger partial charge < -0.3 is 24.8 Å². The van der Waals surface area contributed by atoms with Crippen LogP contribution in [0.25, 0.3) is 16.9 Å². The van der Waals surface area contributed by atoms with E-state index in [-0.39, 0.29) is 52.8 Å². The number of piperidine rings is 1. The molecule has 1 aliphatic heterocycles. The summed E-state index contributed by atoms with van der Waals surface area (Å²) in [5.74, 6) is -0.824. The van der Waals surface area contributed by atoms with Crippen LogP contribution in [0, 0.1) is 0 Å². The maximum atomic E-state index is 13.4. The summed E-state index contributed by atoms with van der Waals surface area (Å²) in [5.41, 5.74) is -0.0446. The highest BCUT2D eigenvalue weighted by Crippen LogP contribution is 2.38. The standard InChI is InChI=1S/C27H28ClF2N7O5/c1-27(2,3)42-26(40)35-10-7-20(38)19(14-35)37-13-18(33-24(39)17-12-32-36-9-4-8-31-23(17)36)22(34-37)16-11-15(28)5-6-21(16)41-25(29)30/h4-6,8-9,11-13,19-20,25,38H,7,10,14H2,1-3H3,(H,33,39). The molecule has 4 heterocycles. The van der Waals surface area contributed by atoms with Crippen molar-refractivity contribution >= 4 is 34.9 Å². The van der Waals surface area contributed by atoms with Crippen molar-refractivity contribution < 1.29 is 33.0 Å². The molecule has 3 aromatic heterocycles. The fourth-order valence-corrected chi connectivity index (χ4v) is 4.76. The lowest BCUT2D eigenvalue weighted by Gasteiger charge is -2.36. The van der Waals surface area contributed by atoms with E-state index in [1.54, 1.807) is 33.0 Å². The minimum absolute atomic E-state index is 0.0402. The number of rotatable bonds is 6. The molecule has 2 atom stereocenters. The van der Waals surface area contributed by atoms with Crippen molar-refractivity contribution in [3.05, 3.63) is 59.6 Å². The van der Waals surface area contributed by atoms with Gasteiger partial charge in [-0.15, -0.1) is 0 Å². The number of alkyl halides is 2. The molecule has 15 heteroatoms. The van der Waals surface area contributed by atoms with Crippen molar-refractivity contribution in [1.29, 1.82) is 0 Å². The highest BCUT2D eigenvalue weighted by atomic mass is 35.5. The third-order valence-electron chi connectivity index (χ3n) is 6.45. The minimum atomic E-state index is -3.14. The number of hydrogen-bond acceptors (Lipinski definition) is 8. The van der Waals surface area contributed by atoms with Crippen molar-refractivity contribution in [1.82, 2.24) is 29.3 Å². The SMILES string of the molecule is CC(C)(C)OC(=O)N1CCC(O)C(n2cc(NC(=O)c3cnn4cccnc34)c(-c3cc(Cl)ccc3OC(F)F)n2)C1. The Labute approximate surface area is 243 Å². The molecule has 0 bridgehead atoms. The number of aliphatic hydroxyl groups is 1. The van der Waals surface area contributed by atoms with Gasteiger partial charge in [-0.2, -0.15) is 19.0 Å². The lowest BCUT2D eigenvalue weighted by molar-refractivity contribution is -0.0494. The van der Waals surface area contributed by atoms with Gasteiger partial charge in [-0.25, -0.2) is 14.3 Å². The van der Waals surface area contributed by atoms with Crippen molar-refractivity contribution in [3.63, 3.8) is 0 Å². The molecule has 222 valence electrons. The summed E-state index contributed by atoms with van der Waals surface area (Å²) >= 11 is 6.21. The Morgan fingerprint density at radius 3 is 2.79 bits per heavy atom. The number of nitrogens with one attached hydrogen (secondary N) is 1. The third-order valence-corrected chi connectivity index (χ3v) is 6.69. The van der Waals surface area contributed by atoms with E-state index in [4.69, 9.17) is 21.1 Å². The van der Waals surface area contributed by atoms with E-state index < -0.39 is 36.4 Å². The first-order valence-corrected chi connectivity index (χ1v) is 13.4. The number of halogens is 3. The summed E-state index contributed by atoms with van der Waals surface area (Å²) in [6, 6.07) is 4.93. The normalized spacial score (nSPS) is 17.5. The molecule has 1 aromatic carbocycles. The number of carbonyl (C=O) groups excluding carboxylic acids is 2. The molecule has 0 aliphatic carbocycles. The van der Waals surface area contributed by atoms with Gasteiger partial charge in [-0.1, -0.05) is 11.6 Å². The van der Waals surface area contributed by atoms with Crippen LogP contribution in [-0.4, -0.2) is 77.8 Å². The molecule has 2 N–H and O–H groups in total. The van der Waals surface area contributed by atoms with Crippen LogP contribution in [0.1, 0.15) is 43.6 Å². The van der Waals surface area contributed by atoms with Crippen LogP contribution in [0.2, 0.25) is 5.02 Å². The topological polar surface area (TPSA) is 136 Å². The number of benzene rings is 1. The number of hydrogen-bond donors (Lipinski definition) is 2. The highest BCUT2D eigenvalue weighted by molar-refractivity contribution is 6.31. The average Bonchev–Trinajstić information content (AvgIpc) is 3.53. The lowest BCUT2D eigenvalue weighted by atomic mass is 10.0. The Kier molecular flexibility index (Phi) is 8.01. The highest BCUT2D eigenvalue weighted by Gasteiger charge is 2.35. The first-order valence-electron chi connectivity index (χ1n) is 13.0.